The van der Waals surface area contributed by atoms with E-state index in [4.69, 9.17) is 9.16 Å². The largest absolute Gasteiger partial charge is 0.414 e. The van der Waals surface area contributed by atoms with Gasteiger partial charge < -0.3 is 14.3 Å². The molecule has 7 nitrogen and oxygen atoms in total. The van der Waals surface area contributed by atoms with Crippen molar-refractivity contribution in [1.82, 2.24) is 9.55 Å². The third kappa shape index (κ3) is 5.16. The predicted molar refractivity (Wildman–Crippen MR) is 130 cm³/mol. The summed E-state index contributed by atoms with van der Waals surface area (Å²) < 4.78 is 14.7. The van der Waals surface area contributed by atoms with Crippen molar-refractivity contribution in [2.45, 2.75) is 115 Å². The summed E-state index contributed by atoms with van der Waals surface area (Å²) in [5, 5.41) is 11.1. The monoisotopic (exact) mass is 470 g/mol. The Bertz CT molecular complexity index is 908. The number of hydrogen-bond acceptors (Lipinski definition) is 5. The number of aliphatic hydroxyl groups excluding tert-OH is 1. The second kappa shape index (κ2) is 8.40. The van der Waals surface area contributed by atoms with Crippen molar-refractivity contribution in [3.05, 3.63) is 32.6 Å². The van der Waals surface area contributed by atoms with Crippen LogP contribution >= 0.6 is 0 Å². The van der Waals surface area contributed by atoms with Crippen LogP contribution in [-0.2, 0) is 9.16 Å². The van der Waals surface area contributed by atoms with Crippen LogP contribution in [0, 0.1) is 6.92 Å². The molecule has 0 aromatic carbocycles. The summed E-state index contributed by atoms with van der Waals surface area (Å²) in [4.78, 5) is 26.5. The van der Waals surface area contributed by atoms with Crippen LogP contribution in [0.3, 0.4) is 0 Å². The summed E-state index contributed by atoms with van der Waals surface area (Å²) in [6, 6.07) is 0. The summed E-state index contributed by atoms with van der Waals surface area (Å²) in [5.41, 5.74) is -0.730. The zero-order valence-electron chi connectivity index (χ0n) is 21.1. The zero-order chi connectivity index (χ0) is 24.2. The van der Waals surface area contributed by atoms with Gasteiger partial charge in [0.15, 0.2) is 8.32 Å². The van der Waals surface area contributed by atoms with Gasteiger partial charge in [0.05, 0.1) is 19.9 Å². The van der Waals surface area contributed by atoms with E-state index in [9.17, 15) is 14.7 Å². The van der Waals surface area contributed by atoms with E-state index >= 15 is 0 Å². The first-order valence-electron chi connectivity index (χ1n) is 11.1. The van der Waals surface area contributed by atoms with Crippen molar-refractivity contribution in [2.24, 2.45) is 0 Å². The Morgan fingerprint density at radius 1 is 1.13 bits per heavy atom. The molecule has 1 aromatic heterocycles. The Morgan fingerprint density at radius 2 is 1.68 bits per heavy atom. The van der Waals surface area contributed by atoms with Crippen molar-refractivity contribution in [1.29, 1.82) is 0 Å². The van der Waals surface area contributed by atoms with Crippen LogP contribution in [-0.4, -0.2) is 49.0 Å². The number of aliphatic hydroxyl groups is 1. The van der Waals surface area contributed by atoms with E-state index in [-0.39, 0.29) is 22.2 Å². The van der Waals surface area contributed by atoms with Crippen molar-refractivity contribution in [3.8, 4) is 0 Å². The van der Waals surface area contributed by atoms with E-state index < -0.39 is 46.1 Å². The second-order valence-electron chi connectivity index (χ2n) is 12.1. The summed E-state index contributed by atoms with van der Waals surface area (Å²) in [6.07, 6.45) is -0.135. The molecule has 0 saturated carbocycles. The van der Waals surface area contributed by atoms with Crippen molar-refractivity contribution >= 4 is 16.4 Å². The van der Waals surface area contributed by atoms with Crippen LogP contribution in [0.25, 0.3) is 0 Å². The third-order valence-corrected chi connectivity index (χ3v) is 18.2. The van der Waals surface area contributed by atoms with Gasteiger partial charge >= 0.3 is 5.69 Å². The van der Waals surface area contributed by atoms with E-state index in [1.165, 1.54) is 10.8 Å². The quantitative estimate of drug-likeness (QED) is 0.636. The Labute approximate surface area is 188 Å². The van der Waals surface area contributed by atoms with Gasteiger partial charge in [0.25, 0.3) is 5.56 Å². The minimum atomic E-state index is -2.15. The molecule has 2 N–H and O–H groups in total. The smallest absolute Gasteiger partial charge is 0.330 e. The Morgan fingerprint density at radius 3 is 2.16 bits per heavy atom. The van der Waals surface area contributed by atoms with E-state index in [0.717, 1.165) is 0 Å². The fourth-order valence-electron chi connectivity index (χ4n) is 3.47. The number of hydrogen-bond donors (Lipinski definition) is 2. The molecule has 2 rings (SSSR count). The molecular formula is C22H42N2O5Si2. The number of aromatic nitrogens is 2. The summed E-state index contributed by atoms with van der Waals surface area (Å²) >= 11 is 0. The average molecular weight is 471 g/mol. The molecule has 31 heavy (non-hydrogen) atoms. The van der Waals surface area contributed by atoms with Gasteiger partial charge in [-0.25, -0.2) is 4.79 Å². The highest BCUT2D eigenvalue weighted by Crippen LogP contribution is 2.47. The van der Waals surface area contributed by atoms with E-state index in [0.29, 0.717) is 5.56 Å². The summed E-state index contributed by atoms with van der Waals surface area (Å²) in [7, 11) is -4.27. The standard InChI is InChI=1S/C22H42N2O5Si2/c1-14-13-24(20(27)23-18(14)26)16-12-15(25)17(28-16)19(30(8,9)21(2,3)4)29-31(10,11)22(5,6)7/h13,15-17,19,25H,12H2,1-11H3,(H,23,26,27)/t15-,16+,17-,19?/m0/s1. The van der Waals surface area contributed by atoms with Gasteiger partial charge in [-0.05, 0) is 30.1 Å². The molecule has 0 bridgehead atoms. The molecule has 0 aliphatic carbocycles. The van der Waals surface area contributed by atoms with Gasteiger partial charge in [-0.2, -0.15) is 0 Å². The van der Waals surface area contributed by atoms with Gasteiger partial charge in [-0.1, -0.05) is 54.6 Å². The zero-order valence-corrected chi connectivity index (χ0v) is 23.1. The lowest BCUT2D eigenvalue weighted by atomic mass is 10.2. The average Bonchev–Trinajstić information content (AvgIpc) is 2.95. The lowest BCUT2D eigenvalue weighted by molar-refractivity contribution is -0.0593. The first-order valence-corrected chi connectivity index (χ1v) is 17.1. The Balaban J connectivity index is 2.48. The molecule has 4 atom stereocenters. The maximum atomic E-state index is 12.4. The van der Waals surface area contributed by atoms with Gasteiger partial charge in [0.1, 0.15) is 12.3 Å². The number of aryl methyl sites for hydroxylation is 1. The molecule has 178 valence electrons. The molecular weight excluding hydrogens is 428 g/mol. The lowest BCUT2D eigenvalue weighted by Crippen LogP contribution is -2.62. The minimum absolute atomic E-state index is 0.0174. The van der Waals surface area contributed by atoms with Crippen LogP contribution in [0.5, 0.6) is 0 Å². The molecule has 1 unspecified atom stereocenters. The van der Waals surface area contributed by atoms with Gasteiger partial charge in [0.2, 0.25) is 0 Å². The number of nitrogens with zero attached hydrogens (tertiary/aromatic N) is 1. The van der Waals surface area contributed by atoms with Crippen molar-refractivity contribution in [3.63, 3.8) is 0 Å². The first-order chi connectivity index (χ1) is 13.8. The molecule has 1 aliphatic rings. The van der Waals surface area contributed by atoms with Crippen LogP contribution in [0.15, 0.2) is 15.8 Å². The summed E-state index contributed by atoms with van der Waals surface area (Å²) in [5.74, 6) is 0. The van der Waals surface area contributed by atoms with Crippen molar-refractivity contribution < 1.29 is 14.3 Å². The SMILES string of the molecule is Cc1cn([C@H]2C[C@H](O)[C@@H](C(O[Si](C)(C)C(C)(C)C)[Si](C)(C)C(C)(C)C)O2)c(=O)[nH]c1=O. The molecule has 1 aromatic rings. The molecule has 1 fully saturated rings. The molecule has 0 amide bonds. The summed E-state index contributed by atoms with van der Waals surface area (Å²) in [6.45, 7) is 24.0. The van der Waals surface area contributed by atoms with Gasteiger partial charge in [0, 0.05) is 18.2 Å². The number of ether oxygens (including phenoxy) is 1. The van der Waals surface area contributed by atoms with E-state index in [2.05, 4.69) is 72.7 Å². The molecule has 1 saturated heterocycles. The van der Waals surface area contributed by atoms with Crippen LogP contribution in [0.2, 0.25) is 36.3 Å². The Hall–Kier alpha value is -1.01. The van der Waals surface area contributed by atoms with E-state index in [1.807, 2.05) is 0 Å². The number of rotatable bonds is 5. The highest BCUT2D eigenvalue weighted by molar-refractivity contribution is 6.83. The fourth-order valence-corrected chi connectivity index (χ4v) is 8.63. The highest BCUT2D eigenvalue weighted by Gasteiger charge is 2.54. The first kappa shape index (κ1) is 26.2. The Kier molecular flexibility index (Phi) is 7.12. The van der Waals surface area contributed by atoms with Crippen LogP contribution < -0.4 is 11.2 Å². The molecule has 0 radical (unpaired) electrons. The topological polar surface area (TPSA) is 93.6 Å². The highest BCUT2D eigenvalue weighted by atomic mass is 28.4. The van der Waals surface area contributed by atoms with Crippen LogP contribution in [0.1, 0.15) is 59.8 Å². The molecule has 1 aliphatic heterocycles. The number of aromatic amines is 1. The van der Waals surface area contributed by atoms with Crippen LogP contribution in [0.4, 0.5) is 0 Å². The molecule has 0 spiro atoms. The number of H-pyrrole nitrogens is 1. The minimum Gasteiger partial charge on any atom is -0.414 e. The fraction of sp³-hybridized carbons (Fsp3) is 0.818. The molecule has 2 heterocycles. The number of nitrogens with one attached hydrogen (secondary N) is 1. The predicted octanol–water partition coefficient (Wildman–Crippen LogP) is 3.93. The van der Waals surface area contributed by atoms with Gasteiger partial charge in [-0.3, -0.25) is 14.3 Å². The second-order valence-corrected chi connectivity index (χ2v) is 22.4. The molecule has 9 heteroatoms. The normalized spacial score (nSPS) is 24.5. The third-order valence-electron chi connectivity index (χ3n) is 7.76. The van der Waals surface area contributed by atoms with Crippen molar-refractivity contribution in [2.75, 3.05) is 0 Å². The van der Waals surface area contributed by atoms with Gasteiger partial charge in [-0.15, -0.1) is 0 Å². The van der Waals surface area contributed by atoms with E-state index in [1.54, 1.807) is 6.92 Å². The lowest BCUT2D eigenvalue weighted by Gasteiger charge is -2.50. The maximum absolute atomic E-state index is 12.4. The maximum Gasteiger partial charge on any atom is 0.330 e.